The molecule has 1 amide bonds. The van der Waals surface area contributed by atoms with E-state index in [-0.39, 0.29) is 19.1 Å². The average molecular weight is 270 g/mol. The maximum absolute atomic E-state index is 11.7. The van der Waals surface area contributed by atoms with Crippen molar-refractivity contribution in [2.45, 2.75) is 43.6 Å². The molecule has 6 nitrogen and oxygen atoms in total. The molecule has 0 aromatic carbocycles. The second-order valence-electron chi connectivity index (χ2n) is 5.32. The Kier molecular flexibility index (Phi) is 4.93. The third kappa shape index (κ3) is 3.54. The summed E-state index contributed by atoms with van der Waals surface area (Å²) in [7, 11) is 0. The summed E-state index contributed by atoms with van der Waals surface area (Å²) in [5.41, 5.74) is 0. The van der Waals surface area contributed by atoms with E-state index in [1.54, 1.807) is 0 Å². The van der Waals surface area contributed by atoms with Gasteiger partial charge in [0, 0.05) is 13.0 Å². The predicted octanol–water partition coefficient (Wildman–Crippen LogP) is -1.49. The minimum absolute atomic E-state index is 0.0486. The Morgan fingerprint density at radius 1 is 1.32 bits per heavy atom. The summed E-state index contributed by atoms with van der Waals surface area (Å²) in [6, 6.07) is -0.954. The molecule has 0 aromatic rings. The van der Waals surface area contributed by atoms with Crippen molar-refractivity contribution in [3.05, 3.63) is 12.2 Å². The first kappa shape index (κ1) is 14.5. The molecule has 19 heavy (non-hydrogen) atoms. The Morgan fingerprint density at radius 2 is 2.05 bits per heavy atom. The highest BCUT2D eigenvalue weighted by molar-refractivity contribution is 5.76. The molecule has 1 unspecified atom stereocenters. The molecule has 6 heteroatoms. The number of carbonyl (C=O) groups excluding carboxylic acids is 1. The summed E-state index contributed by atoms with van der Waals surface area (Å²) in [6.07, 6.45) is 4.70. The Morgan fingerprint density at radius 3 is 2.63 bits per heavy atom. The number of carbonyl (C=O) groups is 1. The normalized spacial score (nSPS) is 37.7. The first-order chi connectivity index (χ1) is 9.11. The van der Waals surface area contributed by atoms with Crippen LogP contribution >= 0.6 is 0 Å². The monoisotopic (exact) mass is 270 g/mol. The van der Waals surface area contributed by atoms with Crippen LogP contribution in [-0.4, -0.2) is 58.7 Å². The molecule has 1 aliphatic carbocycles. The summed E-state index contributed by atoms with van der Waals surface area (Å²) >= 11 is 0. The van der Waals surface area contributed by atoms with Crippen molar-refractivity contribution in [3.63, 3.8) is 0 Å². The first-order valence-corrected chi connectivity index (χ1v) is 6.78. The summed E-state index contributed by atoms with van der Waals surface area (Å²) in [5.74, 6) is 0.268. The predicted molar refractivity (Wildman–Crippen MR) is 69.3 cm³/mol. The van der Waals surface area contributed by atoms with Gasteiger partial charge < -0.3 is 26.0 Å². The Balaban J connectivity index is 1.73. The van der Waals surface area contributed by atoms with E-state index in [1.807, 2.05) is 0 Å². The smallest absolute Gasteiger partial charge is 0.220 e. The summed E-state index contributed by atoms with van der Waals surface area (Å²) in [5, 5.41) is 34.1. The van der Waals surface area contributed by atoms with E-state index in [1.165, 1.54) is 0 Å². The van der Waals surface area contributed by atoms with Gasteiger partial charge in [0.1, 0.15) is 0 Å². The molecule has 108 valence electrons. The molecule has 0 saturated carbocycles. The van der Waals surface area contributed by atoms with Crippen LogP contribution < -0.4 is 10.6 Å². The number of rotatable bonds is 5. The first-order valence-electron chi connectivity index (χ1n) is 6.78. The molecule has 0 spiro atoms. The molecule has 5 atom stereocenters. The van der Waals surface area contributed by atoms with Crippen molar-refractivity contribution in [3.8, 4) is 0 Å². The standard InChI is InChI=1S/C13H22N2O4/c16-7-10-13(19)12(18)9(15-10)6-14-11(17)5-8-3-1-2-4-8/h1,3,8-10,12-13,15-16,18-19H,2,4-7H2,(H,14,17)/t8?,9-,10-,12-,13+/m1/s1. The highest BCUT2D eigenvalue weighted by atomic mass is 16.3. The fraction of sp³-hybridized carbons (Fsp3) is 0.769. The number of aliphatic hydroxyl groups is 3. The van der Waals surface area contributed by atoms with Crippen LogP contribution in [0.2, 0.25) is 0 Å². The third-order valence-corrected chi connectivity index (χ3v) is 3.88. The number of allylic oxidation sites excluding steroid dienone is 2. The van der Waals surface area contributed by atoms with E-state index in [9.17, 15) is 15.0 Å². The van der Waals surface area contributed by atoms with E-state index in [0.717, 1.165) is 12.8 Å². The zero-order valence-corrected chi connectivity index (χ0v) is 10.8. The lowest BCUT2D eigenvalue weighted by atomic mass is 10.0. The maximum Gasteiger partial charge on any atom is 0.220 e. The van der Waals surface area contributed by atoms with Crippen molar-refractivity contribution < 1.29 is 20.1 Å². The van der Waals surface area contributed by atoms with Crippen LogP contribution in [0.5, 0.6) is 0 Å². The lowest BCUT2D eigenvalue weighted by Crippen LogP contribution is -2.44. The molecule has 0 radical (unpaired) electrons. The van der Waals surface area contributed by atoms with Crippen LogP contribution in [0.15, 0.2) is 12.2 Å². The fourth-order valence-electron chi connectivity index (χ4n) is 2.69. The van der Waals surface area contributed by atoms with Gasteiger partial charge >= 0.3 is 0 Å². The minimum Gasteiger partial charge on any atom is -0.395 e. The SMILES string of the molecule is O=C(CC1C=CCC1)NC[C@H]1N[C@H](CO)[C@H](O)[C@@H]1O. The topological polar surface area (TPSA) is 102 Å². The highest BCUT2D eigenvalue weighted by Gasteiger charge is 2.40. The van der Waals surface area contributed by atoms with E-state index in [0.29, 0.717) is 12.3 Å². The third-order valence-electron chi connectivity index (χ3n) is 3.88. The largest absolute Gasteiger partial charge is 0.395 e. The Labute approximate surface area is 112 Å². The molecule has 1 fully saturated rings. The van der Waals surface area contributed by atoms with Gasteiger partial charge in [0.25, 0.3) is 0 Å². The second kappa shape index (κ2) is 6.47. The molecular formula is C13H22N2O4. The lowest BCUT2D eigenvalue weighted by molar-refractivity contribution is -0.121. The van der Waals surface area contributed by atoms with Gasteiger partial charge in [-0.15, -0.1) is 0 Å². The van der Waals surface area contributed by atoms with Crippen molar-refractivity contribution >= 4 is 5.91 Å². The van der Waals surface area contributed by atoms with Crippen LogP contribution in [0, 0.1) is 5.92 Å². The van der Waals surface area contributed by atoms with E-state index >= 15 is 0 Å². The van der Waals surface area contributed by atoms with Crippen molar-refractivity contribution in [2.24, 2.45) is 5.92 Å². The molecular weight excluding hydrogens is 248 g/mol. The van der Waals surface area contributed by atoms with Gasteiger partial charge in [-0.25, -0.2) is 0 Å². The number of amides is 1. The molecule has 5 N–H and O–H groups in total. The van der Waals surface area contributed by atoms with Gasteiger partial charge in [-0.1, -0.05) is 12.2 Å². The molecule has 2 rings (SSSR count). The Hall–Kier alpha value is -0.950. The number of nitrogens with one attached hydrogen (secondary N) is 2. The van der Waals surface area contributed by atoms with Crippen molar-refractivity contribution in [1.29, 1.82) is 0 Å². The molecule has 2 aliphatic rings. The molecule has 0 bridgehead atoms. The van der Waals surface area contributed by atoms with Crippen molar-refractivity contribution in [1.82, 2.24) is 10.6 Å². The number of hydrogen-bond donors (Lipinski definition) is 5. The van der Waals surface area contributed by atoms with Crippen LogP contribution in [0.4, 0.5) is 0 Å². The zero-order chi connectivity index (χ0) is 13.8. The minimum atomic E-state index is -0.996. The van der Waals surface area contributed by atoms with Gasteiger partial charge in [-0.05, 0) is 18.8 Å². The maximum atomic E-state index is 11.7. The van der Waals surface area contributed by atoms with Gasteiger partial charge in [0.2, 0.25) is 5.91 Å². The van der Waals surface area contributed by atoms with Gasteiger partial charge in [-0.3, -0.25) is 4.79 Å². The quantitative estimate of drug-likeness (QED) is 0.392. The summed E-state index contributed by atoms with van der Waals surface area (Å²) in [6.45, 7) is 0.0134. The molecule has 0 aromatic heterocycles. The molecule has 1 heterocycles. The van der Waals surface area contributed by atoms with Gasteiger partial charge in [-0.2, -0.15) is 0 Å². The van der Waals surface area contributed by atoms with Crippen LogP contribution in [0.25, 0.3) is 0 Å². The van der Waals surface area contributed by atoms with Crippen LogP contribution in [0.3, 0.4) is 0 Å². The van der Waals surface area contributed by atoms with Gasteiger partial charge in [0.05, 0.1) is 30.9 Å². The highest BCUT2D eigenvalue weighted by Crippen LogP contribution is 2.20. The molecule has 1 saturated heterocycles. The van der Waals surface area contributed by atoms with E-state index in [4.69, 9.17) is 5.11 Å². The number of hydrogen-bond acceptors (Lipinski definition) is 5. The second-order valence-corrected chi connectivity index (χ2v) is 5.32. The summed E-state index contributed by atoms with van der Waals surface area (Å²) < 4.78 is 0. The molecule has 1 aliphatic heterocycles. The number of aliphatic hydroxyl groups excluding tert-OH is 3. The van der Waals surface area contributed by atoms with Crippen LogP contribution in [-0.2, 0) is 4.79 Å². The average Bonchev–Trinajstić information content (AvgIpc) is 2.98. The van der Waals surface area contributed by atoms with Gasteiger partial charge in [0.15, 0.2) is 0 Å². The van der Waals surface area contributed by atoms with Crippen LogP contribution in [0.1, 0.15) is 19.3 Å². The van der Waals surface area contributed by atoms with Crippen molar-refractivity contribution in [2.75, 3.05) is 13.2 Å². The zero-order valence-electron chi connectivity index (χ0n) is 10.8. The Bertz CT molecular complexity index is 348. The van der Waals surface area contributed by atoms with E-state index in [2.05, 4.69) is 22.8 Å². The lowest BCUT2D eigenvalue weighted by Gasteiger charge is -2.17. The van der Waals surface area contributed by atoms with E-state index < -0.39 is 24.3 Å². The fourth-order valence-corrected chi connectivity index (χ4v) is 2.69. The summed E-state index contributed by atoms with van der Waals surface area (Å²) in [4.78, 5) is 11.7.